The van der Waals surface area contributed by atoms with Crippen molar-refractivity contribution in [3.8, 4) is 11.3 Å². The Balaban J connectivity index is 1.47. The molecule has 1 aromatic carbocycles. The molecule has 3 aromatic rings. The summed E-state index contributed by atoms with van der Waals surface area (Å²) in [4.78, 5) is 25.8. The lowest BCUT2D eigenvalue weighted by Gasteiger charge is -2.30. The number of nitrogens with one attached hydrogen (secondary N) is 3. The third kappa shape index (κ3) is 5.78. The number of hydrogen-bond acceptors (Lipinski definition) is 9. The summed E-state index contributed by atoms with van der Waals surface area (Å²) in [6, 6.07) is 8.33. The fraction of sp³-hybridized carbons (Fsp3) is 0.286. The molecule has 0 radical (unpaired) electrons. The van der Waals surface area contributed by atoms with Crippen LogP contribution in [0.25, 0.3) is 11.3 Å². The maximum Gasteiger partial charge on any atom is 0.287 e. The molecule has 1 saturated heterocycles. The third-order valence-corrected chi connectivity index (χ3v) is 5.63. The molecular weight excluding hydrogens is 467 g/mol. The highest BCUT2D eigenvalue weighted by molar-refractivity contribution is 6.36. The quantitative estimate of drug-likeness (QED) is 0.247. The average molecular weight is 489 g/mol. The van der Waals surface area contributed by atoms with E-state index in [0.29, 0.717) is 34.9 Å². The summed E-state index contributed by atoms with van der Waals surface area (Å²) in [5, 5.41) is 21.5. The molecule has 0 saturated carbocycles. The topological polar surface area (TPSA) is 121 Å². The van der Waals surface area contributed by atoms with E-state index in [1.807, 2.05) is 12.3 Å². The molecular formula is C21H22Cl2N8O2. The molecule has 1 aliphatic rings. The van der Waals surface area contributed by atoms with Gasteiger partial charge in [0, 0.05) is 55.9 Å². The van der Waals surface area contributed by atoms with Gasteiger partial charge in [-0.1, -0.05) is 23.2 Å². The van der Waals surface area contributed by atoms with Crippen molar-refractivity contribution in [2.45, 2.75) is 0 Å². The van der Waals surface area contributed by atoms with Crippen LogP contribution in [0.2, 0.25) is 10.0 Å². The van der Waals surface area contributed by atoms with E-state index in [-0.39, 0.29) is 5.69 Å². The van der Waals surface area contributed by atoms with Crippen molar-refractivity contribution in [2.75, 3.05) is 54.8 Å². The Bertz CT molecular complexity index is 1120. The minimum Gasteiger partial charge on any atom is -0.368 e. The second kappa shape index (κ2) is 10.6. The lowest BCUT2D eigenvalue weighted by atomic mass is 10.1. The van der Waals surface area contributed by atoms with E-state index in [4.69, 9.17) is 28.2 Å². The fourth-order valence-corrected chi connectivity index (χ4v) is 3.94. The van der Waals surface area contributed by atoms with Crippen LogP contribution in [-0.2, 0) is 0 Å². The molecule has 3 N–H and O–H groups in total. The van der Waals surface area contributed by atoms with E-state index in [2.05, 4.69) is 30.8 Å². The standard InChI is InChI=1S/C21H22Cl2N8O2/c22-14-1-3-16(17(23)11-14)20-18(30-9-7-24-8-10-30)13-28-21(29-20)26-6-5-25-19-4-2-15(12-27-19)31(32)33/h1-4,11-13,24H,5-10H2,(H,25,27)(H,26,28,29). The van der Waals surface area contributed by atoms with Gasteiger partial charge < -0.3 is 20.9 Å². The summed E-state index contributed by atoms with van der Waals surface area (Å²) in [6.07, 6.45) is 3.03. The minimum atomic E-state index is -0.482. The number of anilines is 3. The third-order valence-electron chi connectivity index (χ3n) is 5.09. The summed E-state index contributed by atoms with van der Waals surface area (Å²) < 4.78 is 0. The van der Waals surface area contributed by atoms with Gasteiger partial charge in [-0.15, -0.1) is 0 Å². The van der Waals surface area contributed by atoms with Crippen molar-refractivity contribution in [1.82, 2.24) is 20.3 Å². The van der Waals surface area contributed by atoms with Gasteiger partial charge in [-0.2, -0.15) is 0 Å². The molecule has 10 nitrogen and oxygen atoms in total. The van der Waals surface area contributed by atoms with Crippen LogP contribution in [0.1, 0.15) is 0 Å². The van der Waals surface area contributed by atoms with E-state index in [0.717, 1.165) is 43.1 Å². The summed E-state index contributed by atoms with van der Waals surface area (Å²) in [6.45, 7) is 4.50. The van der Waals surface area contributed by atoms with Crippen molar-refractivity contribution in [2.24, 2.45) is 0 Å². The van der Waals surface area contributed by atoms with E-state index in [1.54, 1.807) is 18.2 Å². The molecule has 0 aliphatic carbocycles. The predicted molar refractivity (Wildman–Crippen MR) is 130 cm³/mol. The summed E-state index contributed by atoms with van der Waals surface area (Å²) >= 11 is 12.6. The first-order chi connectivity index (χ1) is 16.0. The maximum atomic E-state index is 10.7. The van der Waals surface area contributed by atoms with Gasteiger partial charge in [0.15, 0.2) is 0 Å². The number of nitrogens with zero attached hydrogens (tertiary/aromatic N) is 5. The van der Waals surface area contributed by atoms with Gasteiger partial charge in [0.1, 0.15) is 17.7 Å². The Kier molecular flexibility index (Phi) is 7.38. The van der Waals surface area contributed by atoms with Gasteiger partial charge in [-0.05, 0) is 24.3 Å². The van der Waals surface area contributed by atoms with Gasteiger partial charge in [0.25, 0.3) is 5.69 Å². The summed E-state index contributed by atoms with van der Waals surface area (Å²) in [5.41, 5.74) is 2.39. The molecule has 0 bridgehead atoms. The molecule has 0 spiro atoms. The highest BCUT2D eigenvalue weighted by atomic mass is 35.5. The number of piperazine rings is 1. The smallest absolute Gasteiger partial charge is 0.287 e. The zero-order valence-corrected chi connectivity index (χ0v) is 19.1. The van der Waals surface area contributed by atoms with E-state index in [9.17, 15) is 10.1 Å². The molecule has 0 amide bonds. The Morgan fingerprint density at radius 3 is 2.55 bits per heavy atom. The lowest BCUT2D eigenvalue weighted by Crippen LogP contribution is -2.43. The number of nitro groups is 1. The van der Waals surface area contributed by atoms with Gasteiger partial charge >= 0.3 is 0 Å². The number of benzene rings is 1. The van der Waals surface area contributed by atoms with Crippen molar-refractivity contribution < 1.29 is 4.92 Å². The van der Waals surface area contributed by atoms with Gasteiger partial charge in [0.2, 0.25) is 5.95 Å². The SMILES string of the molecule is O=[N+]([O-])c1ccc(NCCNc2ncc(N3CCNCC3)c(-c3ccc(Cl)cc3Cl)n2)nc1. The van der Waals surface area contributed by atoms with Crippen LogP contribution in [0, 0.1) is 10.1 Å². The second-order valence-corrected chi connectivity index (χ2v) is 8.14. The maximum absolute atomic E-state index is 10.7. The molecule has 0 atom stereocenters. The highest BCUT2D eigenvalue weighted by Crippen LogP contribution is 2.35. The lowest BCUT2D eigenvalue weighted by molar-refractivity contribution is -0.385. The van der Waals surface area contributed by atoms with E-state index in [1.165, 1.54) is 12.3 Å². The highest BCUT2D eigenvalue weighted by Gasteiger charge is 2.19. The van der Waals surface area contributed by atoms with Crippen LogP contribution >= 0.6 is 23.2 Å². The summed E-state index contributed by atoms with van der Waals surface area (Å²) in [5.74, 6) is 1.01. The van der Waals surface area contributed by atoms with Crippen LogP contribution in [0.15, 0.2) is 42.7 Å². The van der Waals surface area contributed by atoms with Crippen LogP contribution < -0.4 is 20.9 Å². The van der Waals surface area contributed by atoms with Crippen LogP contribution in [0.5, 0.6) is 0 Å². The first kappa shape index (κ1) is 23.0. The molecule has 0 unspecified atom stereocenters. The fourth-order valence-electron chi connectivity index (χ4n) is 3.44. The zero-order valence-electron chi connectivity index (χ0n) is 17.6. The normalized spacial score (nSPS) is 13.6. The van der Waals surface area contributed by atoms with Crippen LogP contribution in [0.3, 0.4) is 0 Å². The van der Waals surface area contributed by atoms with E-state index >= 15 is 0 Å². The van der Waals surface area contributed by atoms with E-state index < -0.39 is 4.92 Å². The molecule has 1 aliphatic heterocycles. The van der Waals surface area contributed by atoms with Crippen LogP contribution in [0.4, 0.5) is 23.1 Å². The molecule has 4 rings (SSSR count). The Morgan fingerprint density at radius 2 is 1.85 bits per heavy atom. The van der Waals surface area contributed by atoms with Gasteiger partial charge in [-0.3, -0.25) is 10.1 Å². The Labute approximate surface area is 200 Å². The average Bonchev–Trinajstić information content (AvgIpc) is 2.83. The van der Waals surface area contributed by atoms with Gasteiger partial charge in [0.05, 0.1) is 21.8 Å². The number of hydrogen-bond donors (Lipinski definition) is 3. The Morgan fingerprint density at radius 1 is 1.06 bits per heavy atom. The number of halogens is 2. The first-order valence-electron chi connectivity index (χ1n) is 10.4. The zero-order chi connectivity index (χ0) is 23.2. The minimum absolute atomic E-state index is 0.0509. The number of rotatable bonds is 8. The molecule has 3 heterocycles. The molecule has 12 heteroatoms. The van der Waals surface area contributed by atoms with Crippen molar-refractivity contribution >= 4 is 46.3 Å². The molecule has 2 aromatic heterocycles. The predicted octanol–water partition coefficient (Wildman–Crippen LogP) is 3.69. The van der Waals surface area contributed by atoms with Crippen LogP contribution in [-0.4, -0.2) is 59.1 Å². The number of aromatic nitrogens is 3. The molecule has 33 heavy (non-hydrogen) atoms. The van der Waals surface area contributed by atoms with Crippen molar-refractivity contribution in [1.29, 1.82) is 0 Å². The Hall–Kier alpha value is -3.21. The van der Waals surface area contributed by atoms with Crippen molar-refractivity contribution in [3.63, 3.8) is 0 Å². The summed E-state index contributed by atoms with van der Waals surface area (Å²) in [7, 11) is 0. The first-order valence-corrected chi connectivity index (χ1v) is 11.1. The molecule has 1 fully saturated rings. The second-order valence-electron chi connectivity index (χ2n) is 7.30. The van der Waals surface area contributed by atoms with Gasteiger partial charge in [-0.25, -0.2) is 15.0 Å². The largest absolute Gasteiger partial charge is 0.368 e. The number of pyridine rings is 1. The monoisotopic (exact) mass is 488 g/mol. The van der Waals surface area contributed by atoms with Crippen molar-refractivity contribution in [3.05, 3.63) is 62.9 Å². The molecule has 172 valence electrons.